The van der Waals surface area contributed by atoms with Crippen molar-refractivity contribution in [2.45, 2.75) is 6.92 Å². The van der Waals surface area contributed by atoms with Crippen molar-refractivity contribution in [3.8, 4) is 0 Å². The van der Waals surface area contributed by atoms with Crippen molar-refractivity contribution in [3.05, 3.63) is 12.2 Å². The van der Waals surface area contributed by atoms with Crippen LogP contribution in [0.2, 0.25) is 0 Å². The summed E-state index contributed by atoms with van der Waals surface area (Å²) in [6, 6.07) is 0. The van der Waals surface area contributed by atoms with Crippen LogP contribution < -0.4 is 0 Å². The first-order valence-electron chi connectivity index (χ1n) is 4.80. The van der Waals surface area contributed by atoms with Crippen molar-refractivity contribution in [2.75, 3.05) is 0 Å². The van der Waals surface area contributed by atoms with Gasteiger partial charge in [-0.25, -0.2) is 0 Å². The van der Waals surface area contributed by atoms with Crippen molar-refractivity contribution in [1.82, 2.24) is 0 Å². The van der Waals surface area contributed by atoms with Gasteiger partial charge in [-0.05, 0) is 18.8 Å². The van der Waals surface area contributed by atoms with Crippen LogP contribution in [0.25, 0.3) is 0 Å². The van der Waals surface area contributed by atoms with E-state index in [1.54, 1.807) is 0 Å². The Morgan fingerprint density at radius 2 is 1.64 bits per heavy atom. The fourth-order valence-corrected chi connectivity index (χ4v) is 2.91. The average Bonchev–Trinajstić information content (AvgIpc) is 2.70. The van der Waals surface area contributed by atoms with Crippen molar-refractivity contribution >= 4 is 18.4 Å². The lowest BCUT2D eigenvalue weighted by Gasteiger charge is -2.20. The van der Waals surface area contributed by atoms with E-state index in [9.17, 15) is 14.4 Å². The van der Waals surface area contributed by atoms with Crippen LogP contribution in [0.1, 0.15) is 6.92 Å². The lowest BCUT2D eigenvalue weighted by Crippen LogP contribution is -2.26. The van der Waals surface area contributed by atoms with Gasteiger partial charge in [0.15, 0.2) is 0 Å². The van der Waals surface area contributed by atoms with Crippen LogP contribution in [0.4, 0.5) is 0 Å². The lowest BCUT2D eigenvalue weighted by molar-refractivity contribution is -0.126. The van der Waals surface area contributed by atoms with E-state index in [1.165, 1.54) is 6.92 Å². The van der Waals surface area contributed by atoms with Crippen LogP contribution in [-0.4, -0.2) is 18.4 Å². The second-order valence-electron chi connectivity index (χ2n) is 4.10. The predicted octanol–water partition coefficient (Wildman–Crippen LogP) is 0.638. The van der Waals surface area contributed by atoms with Gasteiger partial charge in [-0.15, -0.1) is 0 Å². The molecule has 0 N–H and O–H groups in total. The number of carbonyl (C=O) groups is 3. The number of allylic oxidation sites excluding steroid dienone is 2. The largest absolute Gasteiger partial charge is 0.303 e. The molecular weight excluding hydrogens is 180 g/mol. The minimum Gasteiger partial charge on any atom is -0.303 e. The summed E-state index contributed by atoms with van der Waals surface area (Å²) in [6.45, 7) is 1.50. The molecule has 1 saturated carbocycles. The van der Waals surface area contributed by atoms with E-state index in [4.69, 9.17) is 0 Å². The van der Waals surface area contributed by atoms with Crippen molar-refractivity contribution in [3.63, 3.8) is 0 Å². The summed E-state index contributed by atoms with van der Waals surface area (Å²) in [5.41, 5.74) is 0. The van der Waals surface area contributed by atoms with Crippen LogP contribution in [0, 0.1) is 29.6 Å². The van der Waals surface area contributed by atoms with Gasteiger partial charge >= 0.3 is 0 Å². The molecule has 14 heavy (non-hydrogen) atoms. The Morgan fingerprint density at radius 1 is 1.07 bits per heavy atom. The summed E-state index contributed by atoms with van der Waals surface area (Å²) in [5, 5.41) is 0. The Bertz CT molecular complexity index is 316. The van der Waals surface area contributed by atoms with E-state index in [0.29, 0.717) is 0 Å². The molecule has 0 radical (unpaired) electrons. The number of aldehydes is 2. The zero-order valence-corrected chi connectivity index (χ0v) is 7.92. The third kappa shape index (κ3) is 1.01. The molecule has 74 valence electrons. The topological polar surface area (TPSA) is 51.2 Å². The molecule has 0 aliphatic heterocycles. The zero-order valence-electron chi connectivity index (χ0n) is 7.92. The molecule has 2 rings (SSSR count). The first-order chi connectivity index (χ1) is 6.70. The van der Waals surface area contributed by atoms with E-state index in [2.05, 4.69) is 0 Å². The van der Waals surface area contributed by atoms with Gasteiger partial charge < -0.3 is 9.59 Å². The molecule has 0 spiro atoms. The minimum absolute atomic E-state index is 0.0193. The number of ketones is 1. The van der Waals surface area contributed by atoms with Crippen molar-refractivity contribution < 1.29 is 14.4 Å². The maximum absolute atomic E-state index is 11.4. The molecule has 5 atom stereocenters. The Balaban J connectivity index is 2.36. The maximum atomic E-state index is 11.4. The first-order valence-corrected chi connectivity index (χ1v) is 4.80. The highest BCUT2D eigenvalue weighted by atomic mass is 16.1. The molecule has 2 bridgehead atoms. The van der Waals surface area contributed by atoms with E-state index in [1.807, 2.05) is 12.2 Å². The highest BCUT2D eigenvalue weighted by molar-refractivity contribution is 5.85. The lowest BCUT2D eigenvalue weighted by atomic mass is 9.82. The Morgan fingerprint density at radius 3 is 2.07 bits per heavy atom. The Kier molecular flexibility index (Phi) is 2.10. The summed E-state index contributed by atoms with van der Waals surface area (Å²) in [7, 11) is 0. The van der Waals surface area contributed by atoms with Gasteiger partial charge in [0.25, 0.3) is 0 Å². The fraction of sp³-hybridized carbons (Fsp3) is 0.545. The average molecular weight is 192 g/mol. The number of rotatable bonds is 3. The van der Waals surface area contributed by atoms with Gasteiger partial charge in [0.05, 0.1) is 0 Å². The molecule has 0 saturated heterocycles. The maximum Gasteiger partial charge on any atom is 0.134 e. The van der Waals surface area contributed by atoms with Crippen LogP contribution in [0.3, 0.4) is 0 Å². The minimum atomic E-state index is -0.280. The molecule has 1 fully saturated rings. The fourth-order valence-electron chi connectivity index (χ4n) is 2.91. The molecule has 0 aromatic rings. The van der Waals surface area contributed by atoms with E-state index < -0.39 is 0 Å². The van der Waals surface area contributed by atoms with Gasteiger partial charge in [0.2, 0.25) is 0 Å². The summed E-state index contributed by atoms with van der Waals surface area (Å²) in [4.78, 5) is 33.1. The standard InChI is InChI=1S/C11H12O3/c1-6(14)11-8-3-2-7(9(8)4-12)10(11)5-13/h2-5,7-11H,1H3/t7-,8+,9-,10+,11-/m0/s1. The second-order valence-corrected chi connectivity index (χ2v) is 4.10. The first kappa shape index (κ1) is 9.31. The van der Waals surface area contributed by atoms with Crippen molar-refractivity contribution in [1.29, 1.82) is 0 Å². The Labute approximate surface area is 82.2 Å². The van der Waals surface area contributed by atoms with Gasteiger partial charge in [0, 0.05) is 17.8 Å². The monoisotopic (exact) mass is 192 g/mol. The smallest absolute Gasteiger partial charge is 0.134 e. The van der Waals surface area contributed by atoms with E-state index >= 15 is 0 Å². The number of carbonyl (C=O) groups excluding carboxylic acids is 3. The van der Waals surface area contributed by atoms with Crippen LogP contribution in [-0.2, 0) is 14.4 Å². The second kappa shape index (κ2) is 3.15. The molecule has 0 aromatic carbocycles. The summed E-state index contributed by atoms with van der Waals surface area (Å²) in [6.07, 6.45) is 5.53. The van der Waals surface area contributed by atoms with Gasteiger partial charge in [-0.1, -0.05) is 12.2 Å². The summed E-state index contributed by atoms with van der Waals surface area (Å²) in [5.74, 6) is -0.755. The quantitative estimate of drug-likeness (QED) is 0.487. The normalized spacial score (nSPS) is 43.9. The molecule has 3 nitrogen and oxygen atoms in total. The van der Waals surface area contributed by atoms with Crippen LogP contribution in [0.5, 0.6) is 0 Å². The molecule has 2 aliphatic rings. The molecule has 2 aliphatic carbocycles. The van der Waals surface area contributed by atoms with Crippen molar-refractivity contribution in [2.24, 2.45) is 29.6 Å². The number of hydrogen-bond donors (Lipinski definition) is 0. The number of hydrogen-bond acceptors (Lipinski definition) is 3. The zero-order chi connectivity index (χ0) is 10.3. The van der Waals surface area contributed by atoms with Gasteiger partial charge in [0.1, 0.15) is 18.4 Å². The highest BCUT2D eigenvalue weighted by Crippen LogP contribution is 2.50. The molecule has 0 aromatic heterocycles. The predicted molar refractivity (Wildman–Crippen MR) is 49.4 cm³/mol. The molecular formula is C11H12O3. The highest BCUT2D eigenvalue weighted by Gasteiger charge is 2.53. The van der Waals surface area contributed by atoms with Crippen LogP contribution >= 0.6 is 0 Å². The molecule has 0 heterocycles. The van der Waals surface area contributed by atoms with E-state index in [-0.39, 0.29) is 35.4 Å². The summed E-state index contributed by atoms with van der Waals surface area (Å²) < 4.78 is 0. The van der Waals surface area contributed by atoms with Gasteiger partial charge in [-0.2, -0.15) is 0 Å². The van der Waals surface area contributed by atoms with Crippen LogP contribution in [0.15, 0.2) is 12.2 Å². The Hall–Kier alpha value is -1.25. The number of fused-ring (bicyclic) bond motifs is 2. The SMILES string of the molecule is CC(=O)[C@@H]1[C@H](C=O)[C@H]2C=C[C@@H]1[C@H]2C=O. The third-order valence-corrected chi connectivity index (χ3v) is 3.50. The molecule has 3 heteroatoms. The van der Waals surface area contributed by atoms with E-state index in [0.717, 1.165) is 12.6 Å². The number of Topliss-reactive ketones (excluding diaryl/α,β-unsaturated/α-hetero) is 1. The summed E-state index contributed by atoms with van der Waals surface area (Å²) >= 11 is 0. The molecule has 0 unspecified atom stereocenters. The molecule has 0 amide bonds. The van der Waals surface area contributed by atoms with Gasteiger partial charge in [-0.3, -0.25) is 4.79 Å². The third-order valence-electron chi connectivity index (χ3n) is 3.50.